The molecule has 0 bridgehead atoms. The first-order valence-corrected chi connectivity index (χ1v) is 18.3. The smallest absolute Gasteiger partial charge is 0.189 e. The second-order valence-corrected chi connectivity index (χ2v) is 16.0. The van der Waals surface area contributed by atoms with E-state index < -0.39 is 8.07 Å². The number of fused-ring (bicyclic) bond motifs is 3. The van der Waals surface area contributed by atoms with Gasteiger partial charge in [-0.25, -0.2) is 4.85 Å². The van der Waals surface area contributed by atoms with Crippen LogP contribution in [0.25, 0.3) is 43.5 Å². The van der Waals surface area contributed by atoms with Gasteiger partial charge in [0.15, 0.2) is 13.8 Å². The van der Waals surface area contributed by atoms with Gasteiger partial charge in [-0.3, -0.25) is 0 Å². The zero-order valence-corrected chi connectivity index (χ0v) is 28.0. The number of nitriles is 2. The van der Waals surface area contributed by atoms with Crippen molar-refractivity contribution in [2.24, 2.45) is 0 Å². The fraction of sp³-hybridized carbons (Fsp3) is 0. The molecule has 0 unspecified atom stereocenters. The zero-order chi connectivity index (χ0) is 34.1. The molecule has 7 aromatic carbocycles. The Labute approximate surface area is 291 Å². The topological polar surface area (TPSA) is 56.9 Å². The maximum Gasteiger partial charge on any atom is 0.189 e. The van der Waals surface area contributed by atoms with Crippen molar-refractivity contribution in [1.29, 1.82) is 10.5 Å². The van der Waals surface area contributed by atoms with Gasteiger partial charge < -0.3 is 4.57 Å². The SMILES string of the molecule is [C-]#[N+]c1cc(-c2cccc(C#N)c2[Si](c2ccccc2)(c2ccccc2)c2ccccc2)cc(-n2c3ccccc3c3cc(C#N)ccc32)c1. The average molecular weight is 653 g/mol. The van der Waals surface area contributed by atoms with Crippen molar-refractivity contribution in [3.63, 3.8) is 0 Å². The molecule has 4 nitrogen and oxygen atoms in total. The van der Waals surface area contributed by atoms with Crippen molar-refractivity contribution in [2.45, 2.75) is 0 Å². The lowest BCUT2D eigenvalue weighted by atomic mass is 10.0. The van der Waals surface area contributed by atoms with E-state index in [1.54, 1.807) is 0 Å². The molecule has 0 radical (unpaired) electrons. The van der Waals surface area contributed by atoms with Gasteiger partial charge in [0.25, 0.3) is 0 Å². The van der Waals surface area contributed by atoms with Gasteiger partial charge in [0.1, 0.15) is 0 Å². The molecule has 0 saturated heterocycles. The summed E-state index contributed by atoms with van der Waals surface area (Å²) < 4.78 is 2.17. The first-order chi connectivity index (χ1) is 24.7. The predicted molar refractivity (Wildman–Crippen MR) is 206 cm³/mol. The van der Waals surface area contributed by atoms with Gasteiger partial charge >= 0.3 is 0 Å². The number of benzene rings is 7. The van der Waals surface area contributed by atoms with E-state index in [4.69, 9.17) is 6.57 Å². The zero-order valence-electron chi connectivity index (χ0n) is 27.0. The van der Waals surface area contributed by atoms with Crippen LogP contribution in [0.15, 0.2) is 170 Å². The van der Waals surface area contributed by atoms with Gasteiger partial charge in [0.05, 0.1) is 40.9 Å². The van der Waals surface area contributed by atoms with Crippen LogP contribution in [0.4, 0.5) is 5.69 Å². The number of para-hydroxylation sites is 1. The van der Waals surface area contributed by atoms with Gasteiger partial charge in [-0.15, -0.1) is 0 Å². The lowest BCUT2D eigenvalue weighted by Gasteiger charge is -2.36. The fourth-order valence-corrected chi connectivity index (χ4v) is 12.7. The second kappa shape index (κ2) is 12.6. The molecule has 0 N–H and O–H groups in total. The molecule has 8 rings (SSSR count). The van der Waals surface area contributed by atoms with Crippen molar-refractivity contribution >= 4 is 56.3 Å². The van der Waals surface area contributed by atoms with E-state index in [1.165, 1.54) is 15.6 Å². The number of nitrogens with zero attached hydrogens (tertiary/aromatic N) is 4. The maximum absolute atomic E-state index is 10.9. The highest BCUT2D eigenvalue weighted by Crippen LogP contribution is 2.36. The number of aromatic nitrogens is 1. The minimum absolute atomic E-state index is 0.497. The summed E-state index contributed by atoms with van der Waals surface area (Å²) in [4.78, 5) is 3.96. The largest absolute Gasteiger partial charge is 0.310 e. The summed E-state index contributed by atoms with van der Waals surface area (Å²) in [6.07, 6.45) is 0. The Bertz CT molecular complexity index is 2580. The lowest BCUT2D eigenvalue weighted by Crippen LogP contribution is -2.75. The number of hydrogen-bond donors (Lipinski definition) is 0. The minimum Gasteiger partial charge on any atom is -0.310 e. The molecule has 0 amide bonds. The molecule has 0 spiro atoms. The highest BCUT2D eigenvalue weighted by atomic mass is 28.3. The Morgan fingerprint density at radius 3 is 1.74 bits per heavy atom. The average Bonchev–Trinajstić information content (AvgIpc) is 3.53. The quantitative estimate of drug-likeness (QED) is 0.104. The highest BCUT2D eigenvalue weighted by molar-refractivity contribution is 7.20. The third-order valence-corrected chi connectivity index (χ3v) is 14.5. The van der Waals surface area contributed by atoms with E-state index in [1.807, 2.05) is 72.8 Å². The van der Waals surface area contributed by atoms with Crippen molar-refractivity contribution in [2.75, 3.05) is 0 Å². The van der Waals surface area contributed by atoms with E-state index in [9.17, 15) is 10.5 Å². The lowest BCUT2D eigenvalue weighted by molar-refractivity contribution is 1.18. The minimum atomic E-state index is -3.14. The number of rotatable bonds is 6. The van der Waals surface area contributed by atoms with Crippen LogP contribution < -0.4 is 20.7 Å². The van der Waals surface area contributed by atoms with Crippen LogP contribution in [0.5, 0.6) is 0 Å². The fourth-order valence-electron chi connectivity index (χ4n) is 7.55. The molecule has 1 aromatic heterocycles. The van der Waals surface area contributed by atoms with Gasteiger partial charge in [0, 0.05) is 16.5 Å². The molecule has 0 aliphatic heterocycles. The monoisotopic (exact) mass is 652 g/mol. The third-order valence-electron chi connectivity index (χ3n) is 9.58. The summed E-state index contributed by atoms with van der Waals surface area (Å²) in [5, 5.41) is 27.1. The molecule has 50 heavy (non-hydrogen) atoms. The van der Waals surface area contributed by atoms with Gasteiger partial charge in [0.2, 0.25) is 0 Å². The van der Waals surface area contributed by atoms with Crippen molar-refractivity contribution in [1.82, 2.24) is 4.57 Å². The van der Waals surface area contributed by atoms with E-state index in [0.717, 1.165) is 43.8 Å². The summed E-state index contributed by atoms with van der Waals surface area (Å²) in [5.41, 5.74) is 6.26. The van der Waals surface area contributed by atoms with E-state index >= 15 is 0 Å². The second-order valence-electron chi connectivity index (χ2n) is 12.2. The summed E-state index contributed by atoms with van der Waals surface area (Å²) in [7, 11) is -3.14. The van der Waals surface area contributed by atoms with Crippen LogP contribution in [0, 0.1) is 29.2 Å². The van der Waals surface area contributed by atoms with Gasteiger partial charge in [-0.2, -0.15) is 10.5 Å². The van der Waals surface area contributed by atoms with Crippen LogP contribution >= 0.6 is 0 Å². The normalized spacial score (nSPS) is 11.1. The van der Waals surface area contributed by atoms with Crippen molar-refractivity contribution < 1.29 is 0 Å². The van der Waals surface area contributed by atoms with Gasteiger partial charge in [-0.1, -0.05) is 121 Å². The Balaban J connectivity index is 1.50. The van der Waals surface area contributed by atoms with Crippen LogP contribution in [0.2, 0.25) is 0 Å². The predicted octanol–water partition coefficient (Wildman–Crippen LogP) is 8.12. The number of hydrogen-bond acceptors (Lipinski definition) is 2. The Hall–Kier alpha value is -6.97. The molecule has 5 heteroatoms. The van der Waals surface area contributed by atoms with Crippen molar-refractivity contribution in [3.8, 4) is 29.0 Å². The summed E-state index contributed by atoms with van der Waals surface area (Å²) in [5.74, 6) is 0. The molecule has 0 fully saturated rings. The van der Waals surface area contributed by atoms with Crippen LogP contribution in [0.3, 0.4) is 0 Å². The molecule has 0 saturated carbocycles. The van der Waals surface area contributed by atoms with Crippen LogP contribution in [0.1, 0.15) is 11.1 Å². The van der Waals surface area contributed by atoms with Crippen LogP contribution in [-0.4, -0.2) is 12.6 Å². The first-order valence-electron chi connectivity index (χ1n) is 16.3. The Morgan fingerprint density at radius 1 is 0.540 bits per heavy atom. The maximum atomic E-state index is 10.9. The molecular weight excluding hydrogens is 625 g/mol. The van der Waals surface area contributed by atoms with Gasteiger partial charge in [-0.05, 0) is 80.4 Å². The van der Waals surface area contributed by atoms with E-state index in [2.05, 4.69) is 119 Å². The standard InChI is InChI=1S/C45H28N4Si/c1-48-35-27-34(28-36(29-35)49-43-23-12-11-21-41(43)42-26-32(30-46)24-25-44(42)49)40-22-13-14-33(31-47)45(40)50(37-15-5-2-6-16-37,38-17-7-3-8-18-38)39-19-9-4-10-20-39/h2-29H. The van der Waals surface area contributed by atoms with Crippen molar-refractivity contribution in [3.05, 3.63) is 192 Å². The molecule has 0 atom stereocenters. The first kappa shape index (κ1) is 30.4. The highest BCUT2D eigenvalue weighted by Gasteiger charge is 2.44. The molecule has 8 aromatic rings. The Morgan fingerprint density at radius 2 is 1.14 bits per heavy atom. The molecule has 0 aliphatic carbocycles. The summed E-state index contributed by atoms with van der Waals surface area (Å²) >= 11 is 0. The van der Waals surface area contributed by atoms with Crippen LogP contribution in [-0.2, 0) is 0 Å². The summed E-state index contributed by atoms with van der Waals surface area (Å²) in [6.45, 7) is 8.20. The third kappa shape index (κ3) is 4.80. The molecule has 1 heterocycles. The Kier molecular flexibility index (Phi) is 7.63. The molecular formula is C45H28N4Si. The van der Waals surface area contributed by atoms with E-state index in [0.29, 0.717) is 16.8 Å². The van der Waals surface area contributed by atoms with E-state index in [-0.39, 0.29) is 0 Å². The molecule has 0 aliphatic rings. The molecule has 232 valence electrons. The summed E-state index contributed by atoms with van der Waals surface area (Å²) in [6, 6.07) is 62.5.